The Morgan fingerprint density at radius 3 is 2.44 bits per heavy atom. The first-order chi connectivity index (χ1) is 16.1. The number of amides is 2. The molecule has 4 aromatic rings. The number of aromatic nitrogens is 3. The van der Waals surface area contributed by atoms with E-state index in [0.717, 1.165) is 21.7 Å². The van der Waals surface area contributed by atoms with Crippen LogP contribution in [-0.2, 0) is 4.79 Å². The standard InChI is InChI=1S/C26H29N5O2S/c1-15(2)31-25-22(13-27-31)21(12-23(29-25)20-11-17(4)34-18(20)5)26(33)30(6)14-24(32)28-19-9-7-16(3)8-10-19/h7-13,15H,14H2,1-6H3,(H,28,32). The van der Waals surface area contributed by atoms with Crippen molar-refractivity contribution in [3.63, 3.8) is 0 Å². The summed E-state index contributed by atoms with van der Waals surface area (Å²) in [5, 5.41) is 8.02. The van der Waals surface area contributed by atoms with Gasteiger partial charge >= 0.3 is 0 Å². The number of thiophene rings is 1. The monoisotopic (exact) mass is 475 g/mol. The number of carbonyl (C=O) groups excluding carboxylic acids is 2. The summed E-state index contributed by atoms with van der Waals surface area (Å²) in [5.74, 6) is -0.506. The first kappa shape index (κ1) is 23.6. The summed E-state index contributed by atoms with van der Waals surface area (Å²) in [6.45, 7) is 10.1. The van der Waals surface area contributed by atoms with Crippen LogP contribution in [0.25, 0.3) is 22.3 Å². The lowest BCUT2D eigenvalue weighted by Gasteiger charge is -2.18. The molecule has 0 fully saturated rings. The average Bonchev–Trinajstić information content (AvgIpc) is 3.36. The molecule has 0 saturated heterocycles. The SMILES string of the molecule is Cc1ccc(NC(=O)CN(C)C(=O)c2cc(-c3cc(C)sc3C)nc3c2cnn3C(C)C)cc1. The molecule has 0 unspecified atom stereocenters. The third-order valence-corrected chi connectivity index (χ3v) is 6.63. The number of benzene rings is 1. The van der Waals surface area contributed by atoms with E-state index in [2.05, 4.69) is 30.3 Å². The molecule has 0 aliphatic heterocycles. The van der Waals surface area contributed by atoms with Crippen LogP contribution in [0, 0.1) is 20.8 Å². The molecule has 0 aliphatic carbocycles. The highest BCUT2D eigenvalue weighted by Crippen LogP contribution is 2.32. The molecule has 0 radical (unpaired) electrons. The molecule has 1 N–H and O–H groups in total. The summed E-state index contributed by atoms with van der Waals surface area (Å²) in [7, 11) is 1.63. The number of nitrogens with zero attached hydrogens (tertiary/aromatic N) is 4. The van der Waals surface area contributed by atoms with E-state index in [0.29, 0.717) is 22.3 Å². The fraction of sp³-hybridized carbons (Fsp3) is 0.308. The quantitative estimate of drug-likeness (QED) is 0.406. The van der Waals surface area contributed by atoms with E-state index < -0.39 is 0 Å². The molecule has 3 heterocycles. The van der Waals surface area contributed by atoms with Crippen LogP contribution >= 0.6 is 11.3 Å². The summed E-state index contributed by atoms with van der Waals surface area (Å²) >= 11 is 1.70. The van der Waals surface area contributed by atoms with Crippen LogP contribution in [0.1, 0.15) is 45.6 Å². The Labute approximate surface area is 203 Å². The van der Waals surface area contributed by atoms with E-state index in [1.165, 1.54) is 9.78 Å². The minimum absolute atomic E-state index is 0.0687. The molecule has 7 nitrogen and oxygen atoms in total. The third kappa shape index (κ3) is 4.72. The van der Waals surface area contributed by atoms with Crippen molar-refractivity contribution < 1.29 is 9.59 Å². The van der Waals surface area contributed by atoms with Crippen LogP contribution in [0.4, 0.5) is 5.69 Å². The summed E-state index contributed by atoms with van der Waals surface area (Å²) in [4.78, 5) is 34.8. The molecule has 8 heteroatoms. The smallest absolute Gasteiger partial charge is 0.254 e. The van der Waals surface area contributed by atoms with Gasteiger partial charge in [0, 0.05) is 34.1 Å². The van der Waals surface area contributed by atoms with E-state index in [1.807, 2.05) is 55.8 Å². The van der Waals surface area contributed by atoms with Crippen LogP contribution < -0.4 is 5.32 Å². The zero-order valence-corrected chi connectivity index (χ0v) is 21.2. The van der Waals surface area contributed by atoms with Crippen molar-refractivity contribution in [2.75, 3.05) is 18.9 Å². The number of hydrogen-bond donors (Lipinski definition) is 1. The molecule has 0 bridgehead atoms. The minimum atomic E-state index is -0.257. The topological polar surface area (TPSA) is 80.1 Å². The molecular weight excluding hydrogens is 446 g/mol. The third-order valence-electron chi connectivity index (χ3n) is 5.67. The largest absolute Gasteiger partial charge is 0.332 e. The van der Waals surface area contributed by atoms with Gasteiger partial charge in [-0.2, -0.15) is 5.10 Å². The van der Waals surface area contributed by atoms with Gasteiger partial charge in [-0.1, -0.05) is 17.7 Å². The molecule has 1 aromatic carbocycles. The van der Waals surface area contributed by atoms with Crippen LogP contribution in [0.2, 0.25) is 0 Å². The number of anilines is 1. The second-order valence-corrected chi connectivity index (χ2v) is 10.3. The molecule has 4 rings (SSSR count). The predicted octanol–water partition coefficient (Wildman–Crippen LogP) is 5.38. The van der Waals surface area contributed by atoms with Gasteiger partial charge in [0.2, 0.25) is 5.91 Å². The van der Waals surface area contributed by atoms with Gasteiger partial charge in [-0.05, 0) is 58.9 Å². The Balaban J connectivity index is 1.67. The maximum absolute atomic E-state index is 13.5. The van der Waals surface area contributed by atoms with E-state index in [9.17, 15) is 9.59 Å². The maximum Gasteiger partial charge on any atom is 0.254 e. The maximum atomic E-state index is 13.5. The Kier molecular flexibility index (Phi) is 6.52. The molecule has 176 valence electrons. The summed E-state index contributed by atoms with van der Waals surface area (Å²) < 4.78 is 1.83. The number of nitrogens with one attached hydrogen (secondary N) is 1. The number of fused-ring (bicyclic) bond motifs is 1. The van der Waals surface area contributed by atoms with Crippen LogP contribution in [-0.4, -0.2) is 45.1 Å². The zero-order valence-electron chi connectivity index (χ0n) is 20.3. The molecule has 34 heavy (non-hydrogen) atoms. The molecular formula is C26H29N5O2S. The fourth-order valence-electron chi connectivity index (χ4n) is 3.93. The fourth-order valence-corrected chi connectivity index (χ4v) is 4.86. The summed E-state index contributed by atoms with van der Waals surface area (Å²) in [6, 6.07) is 11.6. The van der Waals surface area contributed by atoms with Gasteiger partial charge in [0.15, 0.2) is 5.65 Å². The molecule has 0 saturated carbocycles. The van der Waals surface area contributed by atoms with Gasteiger partial charge in [0.25, 0.3) is 5.91 Å². The zero-order chi connectivity index (χ0) is 24.6. The van der Waals surface area contributed by atoms with E-state index in [4.69, 9.17) is 4.98 Å². The average molecular weight is 476 g/mol. The van der Waals surface area contributed by atoms with Crippen molar-refractivity contribution >= 4 is 39.9 Å². The number of carbonyl (C=O) groups is 2. The number of pyridine rings is 1. The minimum Gasteiger partial charge on any atom is -0.332 e. The van der Waals surface area contributed by atoms with E-state index in [-0.39, 0.29) is 24.4 Å². The van der Waals surface area contributed by atoms with Gasteiger partial charge < -0.3 is 10.2 Å². The Morgan fingerprint density at radius 2 is 1.82 bits per heavy atom. The Hall–Kier alpha value is -3.52. The first-order valence-electron chi connectivity index (χ1n) is 11.2. The molecule has 0 aliphatic rings. The van der Waals surface area contributed by atoms with Crippen molar-refractivity contribution in [2.45, 2.75) is 40.7 Å². The molecule has 0 spiro atoms. The Bertz CT molecular complexity index is 1370. The highest BCUT2D eigenvalue weighted by Gasteiger charge is 2.23. The van der Waals surface area contributed by atoms with E-state index >= 15 is 0 Å². The second-order valence-electron chi connectivity index (χ2n) is 8.88. The summed E-state index contributed by atoms with van der Waals surface area (Å²) in [6.07, 6.45) is 1.69. The summed E-state index contributed by atoms with van der Waals surface area (Å²) in [5.41, 5.74) is 4.71. The van der Waals surface area contributed by atoms with Crippen molar-refractivity contribution in [1.29, 1.82) is 0 Å². The van der Waals surface area contributed by atoms with Crippen molar-refractivity contribution in [3.8, 4) is 11.3 Å². The number of rotatable bonds is 6. The molecule has 0 atom stereocenters. The van der Waals surface area contributed by atoms with Gasteiger partial charge in [-0.15, -0.1) is 11.3 Å². The highest BCUT2D eigenvalue weighted by atomic mass is 32.1. The molecule has 3 aromatic heterocycles. The number of likely N-dealkylation sites (N-methyl/N-ethyl adjacent to an activating group) is 1. The van der Waals surface area contributed by atoms with Crippen LogP contribution in [0.15, 0.2) is 42.6 Å². The predicted molar refractivity (Wildman–Crippen MR) is 137 cm³/mol. The lowest BCUT2D eigenvalue weighted by atomic mass is 10.1. The van der Waals surface area contributed by atoms with Gasteiger partial charge in [0.05, 0.1) is 29.4 Å². The first-order valence-corrected chi connectivity index (χ1v) is 12.0. The lowest BCUT2D eigenvalue weighted by Crippen LogP contribution is -2.35. The molecule has 2 amide bonds. The van der Waals surface area contributed by atoms with Crippen LogP contribution in [0.5, 0.6) is 0 Å². The second kappa shape index (κ2) is 9.38. The normalized spacial score (nSPS) is 11.3. The van der Waals surface area contributed by atoms with Crippen molar-refractivity contribution in [1.82, 2.24) is 19.7 Å². The number of hydrogen-bond acceptors (Lipinski definition) is 5. The van der Waals surface area contributed by atoms with Crippen LogP contribution in [0.3, 0.4) is 0 Å². The van der Waals surface area contributed by atoms with Crippen molar-refractivity contribution in [2.24, 2.45) is 0 Å². The Morgan fingerprint density at radius 1 is 1.12 bits per heavy atom. The van der Waals surface area contributed by atoms with Gasteiger partial charge in [-0.3, -0.25) is 9.59 Å². The van der Waals surface area contributed by atoms with Gasteiger partial charge in [0.1, 0.15) is 0 Å². The number of aryl methyl sites for hydroxylation is 3. The lowest BCUT2D eigenvalue weighted by molar-refractivity contribution is -0.116. The van der Waals surface area contributed by atoms with E-state index in [1.54, 1.807) is 24.6 Å². The highest BCUT2D eigenvalue weighted by molar-refractivity contribution is 7.12. The van der Waals surface area contributed by atoms with Crippen molar-refractivity contribution in [3.05, 3.63) is 63.5 Å². The van der Waals surface area contributed by atoms with Gasteiger partial charge in [-0.25, -0.2) is 9.67 Å².